The molecule has 1 aromatic heterocycles. The van der Waals surface area contributed by atoms with Crippen molar-refractivity contribution in [2.24, 2.45) is 5.92 Å². The van der Waals surface area contributed by atoms with E-state index in [2.05, 4.69) is 34.6 Å². The average molecular weight is 373 g/mol. The van der Waals surface area contributed by atoms with E-state index in [1.165, 1.54) is 6.92 Å². The molecule has 0 saturated carbocycles. The van der Waals surface area contributed by atoms with Gasteiger partial charge in [-0.05, 0) is 36.7 Å². The Bertz CT molecular complexity index is 755. The molecule has 0 aliphatic heterocycles. The largest absolute Gasteiger partial charge is 0.338 e. The van der Waals surface area contributed by atoms with E-state index in [1.54, 1.807) is 24.3 Å². The van der Waals surface area contributed by atoms with Crippen molar-refractivity contribution in [2.75, 3.05) is 23.7 Å². The molecule has 0 fully saturated rings. The Morgan fingerprint density at radius 3 is 2.33 bits per heavy atom. The van der Waals surface area contributed by atoms with Gasteiger partial charge in [0, 0.05) is 24.7 Å². The van der Waals surface area contributed by atoms with Crippen LogP contribution in [-0.2, 0) is 22.6 Å². The smallest absolute Gasteiger partial charge is 0.240 e. The summed E-state index contributed by atoms with van der Waals surface area (Å²) in [5.74, 6) is 1.40. The highest BCUT2D eigenvalue weighted by Crippen LogP contribution is 2.14. The summed E-state index contributed by atoms with van der Waals surface area (Å²) in [5, 5.41) is 9.50. The highest BCUT2D eigenvalue weighted by Gasteiger charge is 2.15. The Morgan fingerprint density at radius 2 is 1.78 bits per heavy atom. The number of aromatic nitrogens is 2. The second kappa shape index (κ2) is 9.82. The van der Waals surface area contributed by atoms with E-state index < -0.39 is 0 Å². The molecule has 2 amide bonds. The van der Waals surface area contributed by atoms with Crippen LogP contribution < -0.4 is 10.6 Å². The molecule has 0 atom stereocenters. The van der Waals surface area contributed by atoms with Gasteiger partial charge in [-0.3, -0.25) is 14.5 Å². The first-order valence-corrected chi connectivity index (χ1v) is 9.07. The number of carbonyl (C=O) groups excluding carboxylic acids is 2. The zero-order chi connectivity index (χ0) is 19.8. The van der Waals surface area contributed by atoms with Crippen LogP contribution in [0.4, 0.5) is 11.4 Å². The molecule has 8 nitrogen and oxygen atoms in total. The summed E-state index contributed by atoms with van der Waals surface area (Å²) in [6.07, 6.45) is 0.768. The fourth-order valence-corrected chi connectivity index (χ4v) is 2.52. The molecule has 8 heteroatoms. The SMILES string of the molecule is CCN(CC(=O)Nc1ccc(NC(C)=O)cc1)Cc1nc(CC(C)C)no1. The quantitative estimate of drug-likeness (QED) is 0.701. The lowest BCUT2D eigenvalue weighted by Gasteiger charge is -2.17. The van der Waals surface area contributed by atoms with Gasteiger partial charge in [-0.1, -0.05) is 25.9 Å². The summed E-state index contributed by atoms with van der Waals surface area (Å²) < 4.78 is 5.27. The minimum Gasteiger partial charge on any atom is -0.338 e. The van der Waals surface area contributed by atoms with Crippen LogP contribution in [-0.4, -0.2) is 39.9 Å². The van der Waals surface area contributed by atoms with Gasteiger partial charge < -0.3 is 15.2 Å². The molecule has 0 unspecified atom stereocenters. The third-order valence-electron chi connectivity index (χ3n) is 3.76. The summed E-state index contributed by atoms with van der Waals surface area (Å²) in [4.78, 5) is 29.6. The molecule has 0 saturated heterocycles. The molecule has 0 aliphatic carbocycles. The molecule has 2 N–H and O–H groups in total. The zero-order valence-corrected chi connectivity index (χ0v) is 16.3. The van der Waals surface area contributed by atoms with Gasteiger partial charge in [-0.2, -0.15) is 4.98 Å². The number of carbonyl (C=O) groups is 2. The molecular formula is C19H27N5O3. The van der Waals surface area contributed by atoms with Crippen LogP contribution in [0.1, 0.15) is 39.4 Å². The molecule has 1 heterocycles. The van der Waals surface area contributed by atoms with Gasteiger partial charge in [0.05, 0.1) is 13.1 Å². The number of likely N-dealkylation sites (N-methyl/N-ethyl adjacent to an activating group) is 1. The third-order valence-corrected chi connectivity index (χ3v) is 3.76. The molecule has 146 valence electrons. The number of nitrogens with one attached hydrogen (secondary N) is 2. The summed E-state index contributed by atoms with van der Waals surface area (Å²) in [6.45, 7) is 8.94. The monoisotopic (exact) mass is 373 g/mol. The first kappa shape index (κ1) is 20.6. The number of anilines is 2. The first-order valence-electron chi connectivity index (χ1n) is 9.07. The van der Waals surface area contributed by atoms with Crippen molar-refractivity contribution in [2.45, 2.75) is 40.7 Å². The van der Waals surface area contributed by atoms with E-state index in [9.17, 15) is 9.59 Å². The molecular weight excluding hydrogens is 346 g/mol. The van der Waals surface area contributed by atoms with Crippen LogP contribution in [0.2, 0.25) is 0 Å². The Kier molecular flexibility index (Phi) is 7.48. The summed E-state index contributed by atoms with van der Waals surface area (Å²) >= 11 is 0. The van der Waals surface area contributed by atoms with Crippen molar-refractivity contribution in [3.05, 3.63) is 36.0 Å². The standard InChI is InChI=1S/C19H27N5O3/c1-5-24(12-19-22-17(23-27-19)10-13(2)3)11-18(26)21-16-8-6-15(7-9-16)20-14(4)25/h6-9,13H,5,10-12H2,1-4H3,(H,20,25)(H,21,26). The number of benzene rings is 1. The highest BCUT2D eigenvalue weighted by atomic mass is 16.5. The number of rotatable bonds is 9. The van der Waals surface area contributed by atoms with Crippen molar-refractivity contribution in [1.29, 1.82) is 0 Å². The van der Waals surface area contributed by atoms with Crippen LogP contribution in [0.5, 0.6) is 0 Å². The van der Waals surface area contributed by atoms with E-state index in [1.807, 2.05) is 11.8 Å². The van der Waals surface area contributed by atoms with Gasteiger partial charge in [0.15, 0.2) is 5.82 Å². The fraction of sp³-hybridized carbons (Fsp3) is 0.474. The van der Waals surface area contributed by atoms with Crippen molar-refractivity contribution >= 4 is 23.2 Å². The van der Waals surface area contributed by atoms with Gasteiger partial charge in [-0.25, -0.2) is 0 Å². The molecule has 1 aromatic carbocycles. The number of hydrogen-bond acceptors (Lipinski definition) is 6. The van der Waals surface area contributed by atoms with Gasteiger partial charge in [0.25, 0.3) is 0 Å². The highest BCUT2D eigenvalue weighted by molar-refractivity contribution is 5.93. The Morgan fingerprint density at radius 1 is 1.15 bits per heavy atom. The van der Waals surface area contributed by atoms with Gasteiger partial charge in [0.2, 0.25) is 17.7 Å². The van der Waals surface area contributed by atoms with Gasteiger partial charge >= 0.3 is 0 Å². The maximum atomic E-state index is 12.3. The molecule has 0 aliphatic rings. The van der Waals surface area contributed by atoms with Crippen molar-refractivity contribution < 1.29 is 14.1 Å². The van der Waals surface area contributed by atoms with Crippen LogP contribution >= 0.6 is 0 Å². The predicted octanol–water partition coefficient (Wildman–Crippen LogP) is 2.69. The predicted molar refractivity (Wildman–Crippen MR) is 103 cm³/mol. The van der Waals surface area contributed by atoms with E-state index in [0.717, 1.165) is 6.42 Å². The fourth-order valence-electron chi connectivity index (χ4n) is 2.52. The van der Waals surface area contributed by atoms with E-state index in [-0.39, 0.29) is 18.4 Å². The van der Waals surface area contributed by atoms with Crippen molar-refractivity contribution in [3.63, 3.8) is 0 Å². The third kappa shape index (κ3) is 7.18. The number of nitrogens with zero attached hydrogens (tertiary/aromatic N) is 3. The second-order valence-corrected chi connectivity index (χ2v) is 6.81. The normalized spacial score (nSPS) is 11.0. The lowest BCUT2D eigenvalue weighted by atomic mass is 10.1. The van der Waals surface area contributed by atoms with Crippen molar-refractivity contribution in [3.8, 4) is 0 Å². The van der Waals surface area contributed by atoms with E-state index in [0.29, 0.717) is 42.1 Å². The summed E-state index contributed by atoms with van der Waals surface area (Å²) in [7, 11) is 0. The molecule has 2 rings (SSSR count). The molecule has 0 radical (unpaired) electrons. The topological polar surface area (TPSA) is 100 Å². The summed E-state index contributed by atoms with van der Waals surface area (Å²) in [5.41, 5.74) is 1.35. The second-order valence-electron chi connectivity index (χ2n) is 6.81. The lowest BCUT2D eigenvalue weighted by molar-refractivity contribution is -0.117. The van der Waals surface area contributed by atoms with Crippen LogP contribution in [0.15, 0.2) is 28.8 Å². The Hall–Kier alpha value is -2.74. The van der Waals surface area contributed by atoms with Gasteiger partial charge in [0.1, 0.15) is 0 Å². The molecule has 0 spiro atoms. The number of amides is 2. The minimum atomic E-state index is -0.136. The molecule has 27 heavy (non-hydrogen) atoms. The lowest BCUT2D eigenvalue weighted by Crippen LogP contribution is -2.32. The maximum absolute atomic E-state index is 12.3. The van der Waals surface area contributed by atoms with E-state index in [4.69, 9.17) is 4.52 Å². The number of hydrogen-bond donors (Lipinski definition) is 2. The summed E-state index contributed by atoms with van der Waals surface area (Å²) in [6, 6.07) is 6.97. The van der Waals surface area contributed by atoms with Crippen molar-refractivity contribution in [1.82, 2.24) is 15.0 Å². The molecule has 0 bridgehead atoms. The van der Waals surface area contributed by atoms with Gasteiger partial charge in [-0.15, -0.1) is 0 Å². The van der Waals surface area contributed by atoms with E-state index >= 15 is 0 Å². The minimum absolute atomic E-state index is 0.133. The zero-order valence-electron chi connectivity index (χ0n) is 16.3. The maximum Gasteiger partial charge on any atom is 0.240 e. The first-order chi connectivity index (χ1) is 12.9. The van der Waals surface area contributed by atoms with Crippen LogP contribution in [0.3, 0.4) is 0 Å². The van der Waals surface area contributed by atoms with Crippen LogP contribution in [0.25, 0.3) is 0 Å². The van der Waals surface area contributed by atoms with Crippen LogP contribution in [0, 0.1) is 5.92 Å². The molecule has 2 aromatic rings. The average Bonchev–Trinajstić information content (AvgIpc) is 3.01. The Labute approximate surface area is 159 Å². The Balaban J connectivity index is 1.87.